The lowest BCUT2D eigenvalue weighted by atomic mass is 9.97. The lowest BCUT2D eigenvalue weighted by Crippen LogP contribution is -2.41. The van der Waals surface area contributed by atoms with Crippen LogP contribution in [0.5, 0.6) is 0 Å². The number of rotatable bonds is 2. The summed E-state index contributed by atoms with van der Waals surface area (Å²) >= 11 is 4.99. The summed E-state index contributed by atoms with van der Waals surface area (Å²) in [4.78, 5) is 14.6. The Kier molecular flexibility index (Phi) is 3.65. The van der Waals surface area contributed by atoms with E-state index >= 15 is 0 Å². The fourth-order valence-electron chi connectivity index (χ4n) is 2.19. The standard InChI is InChI=1S/C12H18N4OS/c1-8-7-10(14-15(8)2)12(17)16-5-3-9(4-6-16)11(13)18/h7,9H,3-6H2,1-2H3,(H2,13,18). The summed E-state index contributed by atoms with van der Waals surface area (Å²) in [6.07, 6.45) is 1.71. The van der Waals surface area contributed by atoms with Crippen LogP contribution in [0, 0.1) is 12.8 Å². The Bertz CT molecular complexity index is 455. The van der Waals surface area contributed by atoms with Crippen molar-refractivity contribution in [2.75, 3.05) is 13.1 Å². The molecule has 0 saturated carbocycles. The van der Waals surface area contributed by atoms with Crippen LogP contribution < -0.4 is 5.73 Å². The molecule has 0 bridgehead atoms. The number of likely N-dealkylation sites (tertiary alicyclic amines) is 1. The van der Waals surface area contributed by atoms with Crippen LogP contribution in [-0.4, -0.2) is 38.7 Å². The maximum absolute atomic E-state index is 12.2. The maximum Gasteiger partial charge on any atom is 0.274 e. The summed E-state index contributed by atoms with van der Waals surface area (Å²) in [5.74, 6) is 0.273. The average Bonchev–Trinajstić information content (AvgIpc) is 2.69. The number of hydrogen-bond donors (Lipinski definition) is 1. The molecule has 1 fully saturated rings. The zero-order valence-electron chi connectivity index (χ0n) is 10.7. The monoisotopic (exact) mass is 266 g/mol. The van der Waals surface area contributed by atoms with E-state index in [1.807, 2.05) is 24.9 Å². The minimum Gasteiger partial charge on any atom is -0.393 e. The van der Waals surface area contributed by atoms with Crippen molar-refractivity contribution in [1.29, 1.82) is 0 Å². The second-order valence-corrected chi connectivity index (χ2v) is 5.23. The Hall–Kier alpha value is -1.43. The Morgan fingerprint density at radius 2 is 2.11 bits per heavy atom. The third kappa shape index (κ3) is 2.53. The summed E-state index contributed by atoms with van der Waals surface area (Å²) in [6.45, 7) is 3.34. The van der Waals surface area contributed by atoms with Gasteiger partial charge in [-0.25, -0.2) is 0 Å². The molecule has 1 aromatic rings. The van der Waals surface area contributed by atoms with E-state index in [-0.39, 0.29) is 11.8 Å². The van der Waals surface area contributed by atoms with Gasteiger partial charge in [0.2, 0.25) is 0 Å². The molecule has 2 rings (SSSR count). The zero-order valence-corrected chi connectivity index (χ0v) is 11.5. The predicted octanol–water partition coefficient (Wildman–Crippen LogP) is 0.867. The van der Waals surface area contributed by atoms with Crippen LogP contribution in [0.15, 0.2) is 6.07 Å². The Balaban J connectivity index is 2.01. The smallest absolute Gasteiger partial charge is 0.274 e. The quantitative estimate of drug-likeness (QED) is 0.807. The molecule has 1 aromatic heterocycles. The van der Waals surface area contributed by atoms with Gasteiger partial charge in [-0.05, 0) is 25.8 Å². The molecular weight excluding hydrogens is 248 g/mol. The van der Waals surface area contributed by atoms with Crippen molar-refractivity contribution >= 4 is 23.1 Å². The summed E-state index contributed by atoms with van der Waals surface area (Å²) < 4.78 is 1.72. The number of carbonyl (C=O) groups excluding carboxylic acids is 1. The molecule has 0 radical (unpaired) electrons. The molecular formula is C12H18N4OS. The van der Waals surface area contributed by atoms with E-state index in [9.17, 15) is 4.79 Å². The minimum atomic E-state index is 0.0000831. The first-order valence-corrected chi connectivity index (χ1v) is 6.49. The summed E-state index contributed by atoms with van der Waals surface area (Å²) in [6, 6.07) is 1.82. The fourth-order valence-corrected chi connectivity index (χ4v) is 2.43. The van der Waals surface area contributed by atoms with Gasteiger partial charge in [-0.1, -0.05) is 12.2 Å². The molecule has 2 heterocycles. The predicted molar refractivity (Wildman–Crippen MR) is 73.4 cm³/mol. The number of thiocarbonyl (C=S) groups is 1. The number of hydrogen-bond acceptors (Lipinski definition) is 3. The van der Waals surface area contributed by atoms with Crippen molar-refractivity contribution in [3.8, 4) is 0 Å². The minimum absolute atomic E-state index is 0.0000831. The van der Waals surface area contributed by atoms with Gasteiger partial charge in [0, 0.05) is 31.7 Å². The topological polar surface area (TPSA) is 64.2 Å². The van der Waals surface area contributed by atoms with Crippen LogP contribution in [0.25, 0.3) is 0 Å². The highest BCUT2D eigenvalue weighted by atomic mass is 32.1. The summed E-state index contributed by atoms with van der Waals surface area (Å²) in [5.41, 5.74) is 7.14. The van der Waals surface area contributed by atoms with Gasteiger partial charge in [0.25, 0.3) is 5.91 Å². The van der Waals surface area contributed by atoms with Crippen molar-refractivity contribution in [1.82, 2.24) is 14.7 Å². The summed E-state index contributed by atoms with van der Waals surface area (Å²) in [5, 5.41) is 4.21. The van der Waals surface area contributed by atoms with Crippen molar-refractivity contribution in [3.05, 3.63) is 17.5 Å². The fraction of sp³-hybridized carbons (Fsp3) is 0.583. The third-order valence-corrected chi connectivity index (χ3v) is 3.85. The SMILES string of the molecule is Cc1cc(C(=O)N2CCC(C(N)=S)CC2)nn1C. The van der Waals surface area contributed by atoms with E-state index < -0.39 is 0 Å². The first kappa shape index (κ1) is 13.0. The molecule has 18 heavy (non-hydrogen) atoms. The van der Waals surface area contributed by atoms with Crippen LogP contribution >= 0.6 is 12.2 Å². The molecule has 1 saturated heterocycles. The van der Waals surface area contributed by atoms with Crippen LogP contribution in [0.2, 0.25) is 0 Å². The van der Waals surface area contributed by atoms with E-state index in [0.29, 0.717) is 23.8 Å². The van der Waals surface area contributed by atoms with Gasteiger partial charge < -0.3 is 10.6 Å². The Labute approximate surface area is 112 Å². The molecule has 0 unspecified atom stereocenters. The van der Waals surface area contributed by atoms with E-state index in [2.05, 4.69) is 5.10 Å². The van der Waals surface area contributed by atoms with Crippen molar-refractivity contribution in [2.45, 2.75) is 19.8 Å². The highest BCUT2D eigenvalue weighted by molar-refractivity contribution is 7.80. The molecule has 1 aliphatic heterocycles. The molecule has 6 heteroatoms. The van der Waals surface area contributed by atoms with Gasteiger partial charge in [0.15, 0.2) is 5.69 Å². The lowest BCUT2D eigenvalue weighted by Gasteiger charge is -2.30. The molecule has 0 aliphatic carbocycles. The third-order valence-electron chi connectivity index (χ3n) is 3.52. The number of nitrogens with zero attached hydrogens (tertiary/aromatic N) is 3. The van der Waals surface area contributed by atoms with Gasteiger partial charge in [-0.15, -0.1) is 0 Å². The van der Waals surface area contributed by atoms with Gasteiger partial charge >= 0.3 is 0 Å². The van der Waals surface area contributed by atoms with Crippen molar-refractivity contribution in [2.24, 2.45) is 18.7 Å². The lowest BCUT2D eigenvalue weighted by molar-refractivity contribution is 0.0703. The van der Waals surface area contributed by atoms with Gasteiger partial charge in [-0.2, -0.15) is 5.10 Å². The molecule has 5 nitrogen and oxygen atoms in total. The number of amides is 1. The van der Waals surface area contributed by atoms with Crippen molar-refractivity contribution in [3.63, 3.8) is 0 Å². The molecule has 2 N–H and O–H groups in total. The maximum atomic E-state index is 12.2. The molecule has 98 valence electrons. The number of aryl methyl sites for hydroxylation is 2. The second kappa shape index (κ2) is 5.06. The van der Waals surface area contributed by atoms with Gasteiger partial charge in [-0.3, -0.25) is 9.48 Å². The van der Waals surface area contributed by atoms with Crippen LogP contribution in [0.3, 0.4) is 0 Å². The van der Waals surface area contributed by atoms with E-state index in [0.717, 1.165) is 18.5 Å². The molecule has 0 spiro atoms. The number of piperidine rings is 1. The van der Waals surface area contributed by atoms with Gasteiger partial charge in [0.05, 0.1) is 4.99 Å². The first-order valence-electron chi connectivity index (χ1n) is 6.08. The number of aromatic nitrogens is 2. The van der Waals surface area contributed by atoms with Crippen LogP contribution in [0.4, 0.5) is 0 Å². The highest BCUT2D eigenvalue weighted by Crippen LogP contribution is 2.19. The van der Waals surface area contributed by atoms with Crippen molar-refractivity contribution < 1.29 is 4.79 Å². The van der Waals surface area contributed by atoms with E-state index in [4.69, 9.17) is 18.0 Å². The van der Waals surface area contributed by atoms with E-state index in [1.165, 1.54) is 0 Å². The molecule has 0 atom stereocenters. The highest BCUT2D eigenvalue weighted by Gasteiger charge is 2.26. The Morgan fingerprint density at radius 1 is 1.50 bits per heavy atom. The molecule has 1 amide bonds. The number of nitrogens with two attached hydrogens (primary N) is 1. The van der Waals surface area contributed by atoms with Crippen LogP contribution in [-0.2, 0) is 7.05 Å². The normalized spacial score (nSPS) is 16.9. The first-order chi connectivity index (χ1) is 8.49. The van der Waals surface area contributed by atoms with Gasteiger partial charge in [0.1, 0.15) is 0 Å². The molecule has 1 aliphatic rings. The van der Waals surface area contributed by atoms with Crippen LogP contribution in [0.1, 0.15) is 29.0 Å². The largest absolute Gasteiger partial charge is 0.393 e. The van der Waals surface area contributed by atoms with E-state index in [1.54, 1.807) is 4.68 Å². The molecule has 0 aromatic carbocycles. The number of carbonyl (C=O) groups is 1. The average molecular weight is 266 g/mol. The summed E-state index contributed by atoms with van der Waals surface area (Å²) in [7, 11) is 1.84. The Morgan fingerprint density at radius 3 is 2.56 bits per heavy atom. The second-order valence-electron chi connectivity index (χ2n) is 4.76. The zero-order chi connectivity index (χ0) is 13.3.